The Morgan fingerprint density at radius 3 is 2.50 bits per heavy atom. The minimum absolute atomic E-state index is 0.00852. The molecule has 0 fully saturated rings. The van der Waals surface area contributed by atoms with Crippen molar-refractivity contribution in [1.82, 2.24) is 4.98 Å². The van der Waals surface area contributed by atoms with E-state index in [1.165, 1.54) is 18.3 Å². The molecule has 0 aliphatic rings. The van der Waals surface area contributed by atoms with Crippen LogP contribution in [0.3, 0.4) is 0 Å². The third kappa shape index (κ3) is 3.26. The lowest BCUT2D eigenvalue weighted by molar-refractivity contribution is -0.138. The number of anilines is 1. The second-order valence-electron chi connectivity index (χ2n) is 4.05. The van der Waals surface area contributed by atoms with E-state index in [0.717, 1.165) is 6.07 Å². The predicted octanol–water partition coefficient (Wildman–Crippen LogP) is 3.58. The van der Waals surface area contributed by atoms with Gasteiger partial charge in [-0.3, -0.25) is 0 Å². The molecule has 0 bridgehead atoms. The molecule has 20 heavy (non-hydrogen) atoms. The zero-order chi connectivity index (χ0) is 14.6. The number of hydrogen-bond acceptors (Lipinski definition) is 3. The van der Waals surface area contributed by atoms with Gasteiger partial charge < -0.3 is 5.32 Å². The molecule has 0 aliphatic carbocycles. The Bertz CT molecular complexity index is 627. The van der Waals surface area contributed by atoms with Crippen molar-refractivity contribution in [3.05, 3.63) is 59.3 Å². The summed E-state index contributed by atoms with van der Waals surface area (Å²) in [5.74, 6) is 0.418. The normalized spacial score (nSPS) is 10.9. The Hall–Kier alpha value is -2.55. The summed E-state index contributed by atoms with van der Waals surface area (Å²) in [7, 11) is 0. The van der Waals surface area contributed by atoms with E-state index >= 15 is 0 Å². The fourth-order valence-corrected chi connectivity index (χ4v) is 1.70. The van der Waals surface area contributed by atoms with Crippen molar-refractivity contribution >= 4 is 5.82 Å². The highest BCUT2D eigenvalue weighted by atomic mass is 19.4. The molecule has 0 saturated carbocycles. The van der Waals surface area contributed by atoms with E-state index in [1.807, 2.05) is 6.07 Å². The summed E-state index contributed by atoms with van der Waals surface area (Å²) in [4.78, 5) is 3.94. The van der Waals surface area contributed by atoms with E-state index in [1.54, 1.807) is 18.2 Å². The maximum atomic E-state index is 12.8. The van der Waals surface area contributed by atoms with E-state index in [-0.39, 0.29) is 12.1 Å². The third-order valence-electron chi connectivity index (χ3n) is 2.68. The van der Waals surface area contributed by atoms with Crippen LogP contribution in [0.2, 0.25) is 0 Å². The van der Waals surface area contributed by atoms with Crippen molar-refractivity contribution in [2.45, 2.75) is 12.7 Å². The Morgan fingerprint density at radius 1 is 1.15 bits per heavy atom. The van der Waals surface area contributed by atoms with Crippen LogP contribution >= 0.6 is 0 Å². The first kappa shape index (κ1) is 13.9. The number of rotatable bonds is 3. The summed E-state index contributed by atoms with van der Waals surface area (Å²) in [6.07, 6.45) is -3.02. The van der Waals surface area contributed by atoms with Crippen molar-refractivity contribution in [3.63, 3.8) is 0 Å². The third-order valence-corrected chi connectivity index (χ3v) is 2.68. The Labute approximate surface area is 113 Å². The summed E-state index contributed by atoms with van der Waals surface area (Å²) in [6.45, 7) is 0.00852. The molecule has 0 saturated heterocycles. The van der Waals surface area contributed by atoms with Crippen LogP contribution in [-0.2, 0) is 12.7 Å². The molecule has 0 aliphatic heterocycles. The second kappa shape index (κ2) is 5.61. The monoisotopic (exact) mass is 277 g/mol. The lowest BCUT2D eigenvalue weighted by Crippen LogP contribution is -2.12. The minimum atomic E-state index is -4.38. The molecule has 6 heteroatoms. The first-order chi connectivity index (χ1) is 9.50. The van der Waals surface area contributed by atoms with Crippen LogP contribution in [0, 0.1) is 11.3 Å². The first-order valence-electron chi connectivity index (χ1n) is 5.76. The lowest BCUT2D eigenvalue weighted by atomic mass is 10.1. The number of nitrogens with zero attached hydrogens (tertiary/aromatic N) is 2. The number of nitriles is 1. The van der Waals surface area contributed by atoms with E-state index in [0.29, 0.717) is 11.4 Å². The van der Waals surface area contributed by atoms with Crippen molar-refractivity contribution in [2.24, 2.45) is 0 Å². The van der Waals surface area contributed by atoms with Crippen LogP contribution in [-0.4, -0.2) is 4.98 Å². The molecule has 102 valence electrons. The minimum Gasteiger partial charge on any atom is -0.366 e. The Kier molecular flexibility index (Phi) is 3.89. The molecule has 0 radical (unpaired) electrons. The largest absolute Gasteiger partial charge is 0.416 e. The van der Waals surface area contributed by atoms with Crippen molar-refractivity contribution in [2.75, 3.05) is 5.32 Å². The SMILES string of the molecule is N#Cc1ccc(NCc2ccccc2C(F)(F)F)nc1. The average Bonchev–Trinajstić information content (AvgIpc) is 2.45. The summed E-state index contributed by atoms with van der Waals surface area (Å²) in [5.41, 5.74) is -0.126. The highest BCUT2D eigenvalue weighted by Gasteiger charge is 2.32. The number of nitrogens with one attached hydrogen (secondary N) is 1. The van der Waals surface area contributed by atoms with Gasteiger partial charge in [0, 0.05) is 12.7 Å². The van der Waals surface area contributed by atoms with Gasteiger partial charge in [0.25, 0.3) is 0 Å². The maximum absolute atomic E-state index is 12.8. The van der Waals surface area contributed by atoms with Gasteiger partial charge in [-0.2, -0.15) is 18.4 Å². The standard InChI is InChI=1S/C14H10F3N3/c15-14(16,17)12-4-2-1-3-11(12)9-20-13-6-5-10(7-18)8-19-13/h1-6,8H,9H2,(H,19,20). The van der Waals surface area contributed by atoms with Gasteiger partial charge in [0.15, 0.2) is 0 Å². The quantitative estimate of drug-likeness (QED) is 0.932. The first-order valence-corrected chi connectivity index (χ1v) is 5.76. The molecule has 1 aromatic heterocycles. The van der Waals surface area contributed by atoms with Gasteiger partial charge >= 0.3 is 6.18 Å². The van der Waals surface area contributed by atoms with Crippen LogP contribution < -0.4 is 5.32 Å². The fraction of sp³-hybridized carbons (Fsp3) is 0.143. The number of halogens is 3. The smallest absolute Gasteiger partial charge is 0.366 e. The topological polar surface area (TPSA) is 48.7 Å². The number of benzene rings is 1. The zero-order valence-electron chi connectivity index (χ0n) is 10.3. The van der Waals surface area contributed by atoms with Gasteiger partial charge in [-0.25, -0.2) is 4.98 Å². The zero-order valence-corrected chi connectivity index (χ0v) is 10.3. The highest BCUT2D eigenvalue weighted by Crippen LogP contribution is 2.32. The lowest BCUT2D eigenvalue weighted by Gasteiger charge is -2.13. The van der Waals surface area contributed by atoms with Crippen LogP contribution in [0.5, 0.6) is 0 Å². The van der Waals surface area contributed by atoms with Gasteiger partial charge in [-0.05, 0) is 23.8 Å². The second-order valence-corrected chi connectivity index (χ2v) is 4.05. The molecule has 1 heterocycles. The Morgan fingerprint density at radius 2 is 1.90 bits per heavy atom. The van der Waals surface area contributed by atoms with Gasteiger partial charge in [-0.15, -0.1) is 0 Å². The molecule has 0 atom stereocenters. The molecule has 2 rings (SSSR count). The average molecular weight is 277 g/mol. The van der Waals surface area contributed by atoms with Gasteiger partial charge in [0.05, 0.1) is 11.1 Å². The number of hydrogen-bond donors (Lipinski definition) is 1. The highest BCUT2D eigenvalue weighted by molar-refractivity contribution is 5.41. The molecular weight excluding hydrogens is 267 g/mol. The number of aromatic nitrogens is 1. The summed E-state index contributed by atoms with van der Waals surface area (Å²) in [5, 5.41) is 11.4. The summed E-state index contributed by atoms with van der Waals surface area (Å²) >= 11 is 0. The molecule has 2 aromatic rings. The summed E-state index contributed by atoms with van der Waals surface area (Å²) in [6, 6.07) is 10.4. The number of pyridine rings is 1. The van der Waals surface area contributed by atoms with E-state index in [4.69, 9.17) is 5.26 Å². The van der Waals surface area contributed by atoms with Gasteiger partial charge in [0.2, 0.25) is 0 Å². The maximum Gasteiger partial charge on any atom is 0.416 e. The summed E-state index contributed by atoms with van der Waals surface area (Å²) < 4.78 is 38.4. The van der Waals surface area contributed by atoms with Crippen molar-refractivity contribution in [1.29, 1.82) is 5.26 Å². The van der Waals surface area contributed by atoms with Gasteiger partial charge in [-0.1, -0.05) is 18.2 Å². The molecule has 0 spiro atoms. The van der Waals surface area contributed by atoms with Crippen LogP contribution in [0.1, 0.15) is 16.7 Å². The molecule has 0 unspecified atom stereocenters. The predicted molar refractivity (Wildman–Crippen MR) is 67.7 cm³/mol. The van der Waals surface area contributed by atoms with E-state index < -0.39 is 11.7 Å². The molecular formula is C14H10F3N3. The van der Waals surface area contributed by atoms with Crippen LogP contribution in [0.15, 0.2) is 42.6 Å². The molecule has 0 amide bonds. The Balaban J connectivity index is 2.13. The molecule has 3 nitrogen and oxygen atoms in total. The molecule has 1 aromatic carbocycles. The van der Waals surface area contributed by atoms with E-state index in [9.17, 15) is 13.2 Å². The van der Waals surface area contributed by atoms with E-state index in [2.05, 4.69) is 10.3 Å². The van der Waals surface area contributed by atoms with Crippen LogP contribution in [0.25, 0.3) is 0 Å². The van der Waals surface area contributed by atoms with Crippen molar-refractivity contribution < 1.29 is 13.2 Å². The number of alkyl halides is 3. The van der Waals surface area contributed by atoms with Crippen molar-refractivity contribution in [3.8, 4) is 6.07 Å². The van der Waals surface area contributed by atoms with Gasteiger partial charge in [0.1, 0.15) is 11.9 Å². The molecule has 1 N–H and O–H groups in total. The van der Waals surface area contributed by atoms with Crippen LogP contribution in [0.4, 0.5) is 19.0 Å². The fourth-order valence-electron chi connectivity index (χ4n) is 1.70.